The van der Waals surface area contributed by atoms with Crippen LogP contribution >= 0.6 is 11.3 Å². The zero-order valence-corrected chi connectivity index (χ0v) is 12.0. The highest BCUT2D eigenvalue weighted by molar-refractivity contribution is 7.16. The van der Waals surface area contributed by atoms with E-state index in [1.165, 1.54) is 22.2 Å². The van der Waals surface area contributed by atoms with Gasteiger partial charge in [-0.15, -0.1) is 11.3 Å². The number of carbonyl (C=O) groups is 1. The third-order valence-electron chi connectivity index (χ3n) is 3.10. The van der Waals surface area contributed by atoms with Gasteiger partial charge in [0.2, 0.25) is 5.91 Å². The number of nitrogens with zero attached hydrogens (tertiary/aromatic N) is 2. The summed E-state index contributed by atoms with van der Waals surface area (Å²) in [6.45, 7) is 1.91. The standard InChI is InChI=1S/C13H17N3O3S/c1-2-9(3-5-17)15-11(18)7-16-8-14-12-10(13(16)19)4-6-20-12/h4,6,8-9,17H,2-3,5,7H2,1H3,(H,15,18). The summed E-state index contributed by atoms with van der Waals surface area (Å²) >= 11 is 1.40. The SMILES string of the molecule is CCC(CCO)NC(=O)Cn1cnc2sccc2c1=O. The molecule has 108 valence electrons. The van der Waals surface area contributed by atoms with Crippen LogP contribution in [0.3, 0.4) is 0 Å². The molecule has 1 unspecified atom stereocenters. The van der Waals surface area contributed by atoms with Crippen molar-refractivity contribution < 1.29 is 9.90 Å². The minimum atomic E-state index is -0.247. The van der Waals surface area contributed by atoms with Crippen molar-refractivity contribution in [2.24, 2.45) is 0 Å². The van der Waals surface area contributed by atoms with Gasteiger partial charge >= 0.3 is 0 Å². The Kier molecular flexibility index (Phi) is 4.86. The number of aromatic nitrogens is 2. The van der Waals surface area contributed by atoms with E-state index in [0.29, 0.717) is 16.6 Å². The lowest BCUT2D eigenvalue weighted by molar-refractivity contribution is -0.122. The average molecular weight is 295 g/mol. The molecule has 0 radical (unpaired) electrons. The van der Waals surface area contributed by atoms with E-state index in [0.717, 1.165) is 6.42 Å². The molecule has 1 amide bonds. The van der Waals surface area contributed by atoms with E-state index >= 15 is 0 Å². The quantitative estimate of drug-likeness (QED) is 0.823. The Morgan fingerprint density at radius 3 is 3.10 bits per heavy atom. The van der Waals surface area contributed by atoms with Crippen molar-refractivity contribution in [2.75, 3.05) is 6.61 Å². The monoisotopic (exact) mass is 295 g/mol. The fourth-order valence-electron chi connectivity index (χ4n) is 1.97. The molecular weight excluding hydrogens is 278 g/mol. The number of thiophene rings is 1. The second-order valence-corrected chi connectivity index (χ2v) is 5.40. The van der Waals surface area contributed by atoms with Crippen LogP contribution in [0.4, 0.5) is 0 Å². The summed E-state index contributed by atoms with van der Waals surface area (Å²) in [5.41, 5.74) is -0.207. The lowest BCUT2D eigenvalue weighted by Crippen LogP contribution is -2.39. The average Bonchev–Trinajstić information content (AvgIpc) is 2.90. The van der Waals surface area contributed by atoms with E-state index in [4.69, 9.17) is 5.11 Å². The molecule has 2 aromatic heterocycles. The predicted octanol–water partition coefficient (Wildman–Crippen LogP) is 0.735. The first-order valence-electron chi connectivity index (χ1n) is 6.48. The summed E-state index contributed by atoms with van der Waals surface area (Å²) < 4.78 is 1.30. The maximum absolute atomic E-state index is 12.1. The van der Waals surface area contributed by atoms with E-state index in [1.54, 1.807) is 11.4 Å². The van der Waals surface area contributed by atoms with Gasteiger partial charge in [-0.3, -0.25) is 14.2 Å². The molecule has 0 aliphatic carbocycles. The maximum atomic E-state index is 12.1. The molecule has 0 spiro atoms. The molecule has 20 heavy (non-hydrogen) atoms. The number of aliphatic hydroxyl groups excluding tert-OH is 1. The molecule has 0 saturated heterocycles. The van der Waals surface area contributed by atoms with E-state index in [9.17, 15) is 9.59 Å². The lowest BCUT2D eigenvalue weighted by atomic mass is 10.1. The zero-order valence-electron chi connectivity index (χ0n) is 11.2. The van der Waals surface area contributed by atoms with Crippen LogP contribution in [0.2, 0.25) is 0 Å². The summed E-state index contributed by atoms with van der Waals surface area (Å²) in [4.78, 5) is 28.9. The van der Waals surface area contributed by atoms with Crippen molar-refractivity contribution in [1.29, 1.82) is 0 Å². The smallest absolute Gasteiger partial charge is 0.262 e. The van der Waals surface area contributed by atoms with Crippen molar-refractivity contribution in [3.05, 3.63) is 28.1 Å². The Bertz CT molecular complexity index is 650. The number of fused-ring (bicyclic) bond motifs is 1. The number of hydrogen-bond acceptors (Lipinski definition) is 5. The van der Waals surface area contributed by atoms with Crippen LogP contribution < -0.4 is 10.9 Å². The lowest BCUT2D eigenvalue weighted by Gasteiger charge is -2.16. The molecule has 7 heteroatoms. The van der Waals surface area contributed by atoms with Gasteiger partial charge in [-0.2, -0.15) is 0 Å². The second kappa shape index (κ2) is 6.62. The Morgan fingerprint density at radius 2 is 2.40 bits per heavy atom. The first kappa shape index (κ1) is 14.7. The molecule has 0 aromatic carbocycles. The molecule has 0 fully saturated rings. The number of carbonyl (C=O) groups excluding carboxylic acids is 1. The Labute approximate surface area is 120 Å². The maximum Gasteiger partial charge on any atom is 0.262 e. The highest BCUT2D eigenvalue weighted by Crippen LogP contribution is 2.13. The number of rotatable bonds is 6. The molecule has 2 heterocycles. The number of nitrogens with one attached hydrogen (secondary N) is 1. The van der Waals surface area contributed by atoms with Gasteiger partial charge in [0.1, 0.15) is 11.4 Å². The molecule has 1 atom stereocenters. The van der Waals surface area contributed by atoms with Crippen LogP contribution in [0.25, 0.3) is 10.2 Å². The first-order chi connectivity index (χ1) is 9.65. The first-order valence-corrected chi connectivity index (χ1v) is 7.36. The van der Waals surface area contributed by atoms with Gasteiger partial charge in [0.15, 0.2) is 0 Å². The summed E-state index contributed by atoms with van der Waals surface area (Å²) in [5, 5.41) is 14.0. The van der Waals surface area contributed by atoms with E-state index in [1.807, 2.05) is 6.92 Å². The van der Waals surface area contributed by atoms with E-state index < -0.39 is 0 Å². The Morgan fingerprint density at radius 1 is 1.60 bits per heavy atom. The predicted molar refractivity (Wildman–Crippen MR) is 77.8 cm³/mol. The largest absolute Gasteiger partial charge is 0.396 e. The van der Waals surface area contributed by atoms with Gasteiger partial charge in [0.05, 0.1) is 11.7 Å². The fourth-order valence-corrected chi connectivity index (χ4v) is 2.69. The summed E-state index contributed by atoms with van der Waals surface area (Å²) in [5.74, 6) is -0.247. The Balaban J connectivity index is 2.09. The number of hydrogen-bond donors (Lipinski definition) is 2. The third kappa shape index (κ3) is 3.23. The van der Waals surface area contributed by atoms with Crippen molar-refractivity contribution in [1.82, 2.24) is 14.9 Å². The van der Waals surface area contributed by atoms with Crippen molar-refractivity contribution in [3.8, 4) is 0 Å². The zero-order chi connectivity index (χ0) is 14.5. The molecule has 6 nitrogen and oxygen atoms in total. The molecular formula is C13H17N3O3S. The number of amides is 1. The van der Waals surface area contributed by atoms with Crippen LogP contribution in [0.15, 0.2) is 22.6 Å². The molecule has 2 rings (SSSR count). The Hall–Kier alpha value is -1.73. The van der Waals surface area contributed by atoms with Gasteiger partial charge in [0, 0.05) is 12.6 Å². The van der Waals surface area contributed by atoms with Gasteiger partial charge in [-0.25, -0.2) is 4.98 Å². The van der Waals surface area contributed by atoms with Crippen molar-refractivity contribution >= 4 is 27.5 Å². The topological polar surface area (TPSA) is 84.2 Å². The highest BCUT2D eigenvalue weighted by Gasteiger charge is 2.12. The summed E-state index contributed by atoms with van der Waals surface area (Å²) in [7, 11) is 0. The molecule has 0 aliphatic rings. The highest BCUT2D eigenvalue weighted by atomic mass is 32.1. The molecule has 0 saturated carbocycles. The van der Waals surface area contributed by atoms with Crippen LogP contribution in [-0.2, 0) is 11.3 Å². The third-order valence-corrected chi connectivity index (χ3v) is 3.92. The normalized spacial score (nSPS) is 12.5. The minimum Gasteiger partial charge on any atom is -0.396 e. The van der Waals surface area contributed by atoms with Gasteiger partial charge in [0.25, 0.3) is 5.56 Å². The fraction of sp³-hybridized carbons (Fsp3) is 0.462. The van der Waals surface area contributed by atoms with Crippen molar-refractivity contribution in [3.63, 3.8) is 0 Å². The minimum absolute atomic E-state index is 0.0289. The van der Waals surface area contributed by atoms with Crippen LogP contribution in [-0.4, -0.2) is 33.2 Å². The van der Waals surface area contributed by atoms with E-state index in [2.05, 4.69) is 10.3 Å². The van der Waals surface area contributed by atoms with E-state index in [-0.39, 0.29) is 30.7 Å². The molecule has 0 bridgehead atoms. The van der Waals surface area contributed by atoms with Gasteiger partial charge in [-0.1, -0.05) is 6.92 Å². The van der Waals surface area contributed by atoms with Crippen LogP contribution in [0.5, 0.6) is 0 Å². The van der Waals surface area contributed by atoms with Crippen LogP contribution in [0.1, 0.15) is 19.8 Å². The summed E-state index contributed by atoms with van der Waals surface area (Å²) in [6.07, 6.45) is 2.65. The van der Waals surface area contributed by atoms with Gasteiger partial charge in [-0.05, 0) is 24.3 Å². The molecule has 2 N–H and O–H groups in total. The second-order valence-electron chi connectivity index (χ2n) is 4.50. The van der Waals surface area contributed by atoms with Crippen molar-refractivity contribution in [2.45, 2.75) is 32.4 Å². The molecule has 2 aromatic rings. The van der Waals surface area contributed by atoms with Crippen LogP contribution in [0, 0.1) is 0 Å². The molecule has 0 aliphatic heterocycles. The van der Waals surface area contributed by atoms with Gasteiger partial charge < -0.3 is 10.4 Å². The number of aliphatic hydroxyl groups is 1. The summed E-state index contributed by atoms with van der Waals surface area (Å²) in [6, 6.07) is 1.64.